The smallest absolute Gasteiger partial charge is 0.335 e. The summed E-state index contributed by atoms with van der Waals surface area (Å²) in [6.07, 6.45) is 0.869. The van der Waals surface area contributed by atoms with Crippen LogP contribution in [-0.4, -0.2) is 33.7 Å². The van der Waals surface area contributed by atoms with Crippen LogP contribution in [-0.2, 0) is 13.1 Å². The van der Waals surface area contributed by atoms with Gasteiger partial charge in [-0.15, -0.1) is 0 Å². The van der Waals surface area contributed by atoms with Crippen LogP contribution < -0.4 is 0 Å². The van der Waals surface area contributed by atoms with Crippen molar-refractivity contribution in [1.82, 2.24) is 4.90 Å². The summed E-state index contributed by atoms with van der Waals surface area (Å²) in [7, 11) is 0. The summed E-state index contributed by atoms with van der Waals surface area (Å²) in [4.78, 5) is 13.1. The average molecular weight is 319 g/mol. The second kappa shape index (κ2) is 8.08. The van der Waals surface area contributed by atoms with E-state index in [0.29, 0.717) is 12.1 Å². The van der Waals surface area contributed by atoms with E-state index in [4.69, 9.17) is 5.11 Å². The van der Waals surface area contributed by atoms with Crippen LogP contribution in [0.2, 0.25) is 0 Å². The van der Waals surface area contributed by atoms with Crippen LogP contribution in [0, 0.1) is 0 Å². The summed E-state index contributed by atoms with van der Waals surface area (Å²) < 4.78 is 0. The molecule has 22 heavy (non-hydrogen) atoms. The lowest BCUT2D eigenvalue weighted by Gasteiger charge is -2.29. The number of carbonyl (C=O) groups is 1. The molecule has 0 aliphatic heterocycles. The summed E-state index contributed by atoms with van der Waals surface area (Å²) in [5.41, 5.74) is 2.58. The molecule has 2 rings (SSSR count). The van der Waals surface area contributed by atoms with Crippen molar-refractivity contribution < 1.29 is 15.0 Å². The van der Waals surface area contributed by atoms with Crippen LogP contribution in [0.25, 0.3) is 0 Å². The van der Waals surface area contributed by atoms with Gasteiger partial charge in [0, 0.05) is 19.1 Å². The zero-order chi connectivity index (χ0) is 15.9. The van der Waals surface area contributed by atoms with Gasteiger partial charge in [0.1, 0.15) is 0 Å². The number of rotatable bonds is 8. The Balaban J connectivity index is 2.12. The van der Waals surface area contributed by atoms with Crippen molar-refractivity contribution >= 4 is 17.3 Å². The summed E-state index contributed by atoms with van der Waals surface area (Å²) in [5, 5.41) is 22.7. The SMILES string of the molecule is CC[C@H](CO)N(Cc1ccc(C(=O)O)cc1)Cc1ccsc1. The molecule has 1 aromatic carbocycles. The van der Waals surface area contributed by atoms with Crippen molar-refractivity contribution in [3.63, 3.8) is 0 Å². The number of aliphatic hydroxyl groups excluding tert-OH is 1. The molecule has 0 aliphatic carbocycles. The molecule has 2 N–H and O–H groups in total. The molecule has 0 saturated heterocycles. The largest absolute Gasteiger partial charge is 0.478 e. The molecule has 2 aromatic rings. The fourth-order valence-electron chi connectivity index (χ4n) is 2.42. The normalized spacial score (nSPS) is 12.5. The van der Waals surface area contributed by atoms with Crippen molar-refractivity contribution in [2.24, 2.45) is 0 Å². The van der Waals surface area contributed by atoms with E-state index in [9.17, 15) is 9.90 Å². The Hall–Kier alpha value is -1.69. The lowest BCUT2D eigenvalue weighted by Crippen LogP contribution is -2.36. The summed E-state index contributed by atoms with van der Waals surface area (Å²) in [5.74, 6) is -0.913. The van der Waals surface area contributed by atoms with E-state index in [1.165, 1.54) is 5.56 Å². The van der Waals surface area contributed by atoms with E-state index < -0.39 is 5.97 Å². The van der Waals surface area contributed by atoms with Crippen molar-refractivity contribution in [3.8, 4) is 0 Å². The summed E-state index contributed by atoms with van der Waals surface area (Å²) in [6.45, 7) is 3.65. The first-order chi connectivity index (χ1) is 10.6. The second-order valence-corrected chi connectivity index (χ2v) is 6.06. The number of nitrogens with zero attached hydrogens (tertiary/aromatic N) is 1. The predicted molar refractivity (Wildman–Crippen MR) is 88.1 cm³/mol. The third-order valence-electron chi connectivity index (χ3n) is 3.75. The standard InChI is InChI=1S/C17H21NO3S/c1-2-16(11-19)18(10-14-7-8-22-12-14)9-13-3-5-15(6-4-13)17(20)21/h3-8,12,16,19H,2,9-11H2,1H3,(H,20,21)/t16-/m1/s1. The zero-order valence-corrected chi connectivity index (χ0v) is 13.4. The van der Waals surface area contributed by atoms with Crippen molar-refractivity contribution in [3.05, 3.63) is 57.8 Å². The fraction of sp³-hybridized carbons (Fsp3) is 0.353. The second-order valence-electron chi connectivity index (χ2n) is 5.28. The molecule has 5 heteroatoms. The first-order valence-corrected chi connectivity index (χ1v) is 8.26. The summed E-state index contributed by atoms with van der Waals surface area (Å²) >= 11 is 1.67. The molecule has 1 heterocycles. The Morgan fingerprint density at radius 2 is 1.86 bits per heavy atom. The number of hydrogen-bond donors (Lipinski definition) is 2. The number of thiophene rings is 1. The van der Waals surface area contributed by atoms with E-state index in [2.05, 4.69) is 28.7 Å². The van der Waals surface area contributed by atoms with E-state index in [1.54, 1.807) is 23.5 Å². The Bertz CT molecular complexity index is 576. The average Bonchev–Trinajstić information content (AvgIpc) is 3.02. The van der Waals surface area contributed by atoms with Gasteiger partial charge in [-0.05, 0) is 46.5 Å². The monoisotopic (exact) mass is 319 g/mol. The molecule has 118 valence electrons. The molecule has 4 nitrogen and oxygen atoms in total. The highest BCUT2D eigenvalue weighted by Crippen LogP contribution is 2.17. The molecule has 0 aliphatic rings. The van der Waals surface area contributed by atoms with Crippen LogP contribution >= 0.6 is 11.3 Å². The quantitative estimate of drug-likeness (QED) is 0.784. The fourth-order valence-corrected chi connectivity index (χ4v) is 3.08. The van der Waals surface area contributed by atoms with Gasteiger partial charge in [-0.25, -0.2) is 4.79 Å². The van der Waals surface area contributed by atoms with E-state index in [1.807, 2.05) is 12.1 Å². The third kappa shape index (κ3) is 4.40. The van der Waals surface area contributed by atoms with E-state index in [0.717, 1.165) is 18.5 Å². The molecular formula is C17H21NO3S. The number of aromatic carboxylic acids is 1. The Morgan fingerprint density at radius 1 is 1.18 bits per heavy atom. The molecule has 0 spiro atoms. The van der Waals surface area contributed by atoms with Crippen molar-refractivity contribution in [2.45, 2.75) is 32.5 Å². The van der Waals surface area contributed by atoms with E-state index >= 15 is 0 Å². The van der Waals surface area contributed by atoms with Gasteiger partial charge >= 0.3 is 5.97 Å². The van der Waals surface area contributed by atoms with Gasteiger partial charge in [0.25, 0.3) is 0 Å². The minimum atomic E-state index is -0.913. The lowest BCUT2D eigenvalue weighted by molar-refractivity contribution is 0.0697. The highest BCUT2D eigenvalue weighted by atomic mass is 32.1. The van der Waals surface area contributed by atoms with Crippen LogP contribution in [0.3, 0.4) is 0 Å². The Labute approximate surface area is 134 Å². The van der Waals surface area contributed by atoms with Crippen LogP contribution in [0.4, 0.5) is 0 Å². The Kier molecular flexibility index (Phi) is 6.12. The minimum Gasteiger partial charge on any atom is -0.478 e. The number of carboxylic acids is 1. The molecule has 0 fully saturated rings. The van der Waals surface area contributed by atoms with Gasteiger partial charge in [0.05, 0.1) is 12.2 Å². The van der Waals surface area contributed by atoms with E-state index in [-0.39, 0.29) is 12.6 Å². The summed E-state index contributed by atoms with van der Waals surface area (Å²) in [6, 6.07) is 9.12. The highest BCUT2D eigenvalue weighted by Gasteiger charge is 2.17. The Morgan fingerprint density at radius 3 is 2.36 bits per heavy atom. The molecule has 1 atom stereocenters. The zero-order valence-electron chi connectivity index (χ0n) is 12.6. The number of aliphatic hydroxyl groups is 1. The topological polar surface area (TPSA) is 60.8 Å². The molecule has 0 bridgehead atoms. The molecule has 0 saturated carbocycles. The van der Waals surface area contributed by atoms with Gasteiger partial charge in [-0.3, -0.25) is 4.90 Å². The van der Waals surface area contributed by atoms with Crippen molar-refractivity contribution in [1.29, 1.82) is 0 Å². The highest BCUT2D eigenvalue weighted by molar-refractivity contribution is 7.07. The minimum absolute atomic E-state index is 0.0963. The predicted octanol–water partition coefficient (Wildman–Crippen LogP) is 3.22. The van der Waals surface area contributed by atoms with Crippen molar-refractivity contribution in [2.75, 3.05) is 6.61 Å². The van der Waals surface area contributed by atoms with Gasteiger partial charge in [-0.2, -0.15) is 11.3 Å². The maximum Gasteiger partial charge on any atom is 0.335 e. The molecule has 0 amide bonds. The molecule has 1 aromatic heterocycles. The molecule has 0 unspecified atom stereocenters. The van der Waals surface area contributed by atoms with Gasteiger partial charge in [-0.1, -0.05) is 19.1 Å². The van der Waals surface area contributed by atoms with Gasteiger partial charge in [0.15, 0.2) is 0 Å². The molecular weight excluding hydrogens is 298 g/mol. The van der Waals surface area contributed by atoms with Crippen LogP contribution in [0.15, 0.2) is 41.1 Å². The molecule has 0 radical (unpaired) electrons. The van der Waals surface area contributed by atoms with Crippen LogP contribution in [0.5, 0.6) is 0 Å². The van der Waals surface area contributed by atoms with Crippen LogP contribution in [0.1, 0.15) is 34.8 Å². The maximum absolute atomic E-state index is 10.9. The third-order valence-corrected chi connectivity index (χ3v) is 4.48. The number of benzene rings is 1. The van der Waals surface area contributed by atoms with Gasteiger partial charge in [0.2, 0.25) is 0 Å². The maximum atomic E-state index is 10.9. The van der Waals surface area contributed by atoms with Gasteiger partial charge < -0.3 is 10.2 Å². The number of hydrogen-bond acceptors (Lipinski definition) is 4. The lowest BCUT2D eigenvalue weighted by atomic mass is 10.1. The number of carboxylic acid groups (broad SMARTS) is 1. The first-order valence-electron chi connectivity index (χ1n) is 7.32. The first kappa shape index (κ1) is 16.7.